The molecular weight excluding hydrogens is 344 g/mol. The Morgan fingerprint density at radius 2 is 1.52 bits per heavy atom. The molecule has 1 saturated heterocycles. The fraction of sp³-hybridized carbons (Fsp3) is 0.727. The van der Waals surface area contributed by atoms with Crippen LogP contribution in [0.25, 0.3) is 0 Å². The zero-order valence-corrected chi connectivity index (χ0v) is 17.8. The first-order chi connectivity index (χ1) is 12.7. The van der Waals surface area contributed by atoms with Gasteiger partial charge in [-0.25, -0.2) is 0 Å². The van der Waals surface area contributed by atoms with Crippen LogP contribution in [0.2, 0.25) is 0 Å². The molecule has 0 unspecified atom stereocenters. The monoisotopic (exact) mass is 380 g/mol. The van der Waals surface area contributed by atoms with Gasteiger partial charge in [0.05, 0.1) is 17.3 Å². The van der Waals surface area contributed by atoms with Gasteiger partial charge in [0.2, 0.25) is 0 Å². The van der Waals surface area contributed by atoms with Crippen molar-refractivity contribution >= 4 is 0 Å². The first kappa shape index (κ1) is 22.3. The maximum absolute atomic E-state index is 10.7. The van der Waals surface area contributed by atoms with Gasteiger partial charge in [0.15, 0.2) is 6.29 Å². The van der Waals surface area contributed by atoms with Gasteiger partial charge in [0, 0.05) is 19.8 Å². The highest BCUT2D eigenvalue weighted by atomic mass is 16.7. The lowest BCUT2D eigenvalue weighted by Crippen LogP contribution is -2.53. The Bertz CT molecular complexity index is 574. The summed E-state index contributed by atoms with van der Waals surface area (Å²) < 4.78 is 24.1. The van der Waals surface area contributed by atoms with Crippen LogP contribution in [0.3, 0.4) is 0 Å². The molecule has 2 rings (SSSR count). The van der Waals surface area contributed by atoms with Gasteiger partial charge in [-0.1, -0.05) is 44.0 Å². The van der Waals surface area contributed by atoms with Crippen LogP contribution < -0.4 is 0 Å². The van der Waals surface area contributed by atoms with Gasteiger partial charge < -0.3 is 24.1 Å². The normalized spacial score (nSPS) is 23.0. The van der Waals surface area contributed by atoms with E-state index in [-0.39, 0.29) is 12.2 Å². The number of ether oxygens (including phenoxy) is 4. The third-order valence-corrected chi connectivity index (χ3v) is 5.68. The number of aliphatic hydroxyl groups is 1. The quantitative estimate of drug-likeness (QED) is 0.681. The van der Waals surface area contributed by atoms with Crippen molar-refractivity contribution in [2.45, 2.75) is 89.7 Å². The fourth-order valence-electron chi connectivity index (χ4n) is 3.46. The molecule has 0 bridgehead atoms. The highest BCUT2D eigenvalue weighted by Gasteiger charge is 2.52. The molecule has 0 spiro atoms. The van der Waals surface area contributed by atoms with Crippen molar-refractivity contribution < 1.29 is 24.1 Å². The Morgan fingerprint density at radius 3 is 2.00 bits per heavy atom. The number of hydrogen-bond acceptors (Lipinski definition) is 5. The summed E-state index contributed by atoms with van der Waals surface area (Å²) in [6.07, 6.45) is 1.00. The van der Waals surface area contributed by atoms with Crippen LogP contribution in [0, 0.1) is 0 Å². The molecule has 1 aliphatic rings. The average Bonchev–Trinajstić information content (AvgIpc) is 3.13. The first-order valence-corrected chi connectivity index (χ1v) is 9.86. The van der Waals surface area contributed by atoms with E-state index in [1.165, 1.54) is 0 Å². The molecule has 1 aliphatic heterocycles. The summed E-state index contributed by atoms with van der Waals surface area (Å²) in [5, 5.41) is 10.7. The van der Waals surface area contributed by atoms with Crippen molar-refractivity contribution in [2.24, 2.45) is 0 Å². The molecule has 0 aliphatic carbocycles. The van der Waals surface area contributed by atoms with Gasteiger partial charge >= 0.3 is 0 Å². The standard InChI is InChI=1S/C22H36O5/c1-8-9-14-17(23)15-12-10-11-13-16(15)20-26-18(21(2,3)24-6)19(27-20)22(4,5)25-7/h10-13,17-20,23H,8-9,14H2,1-7H3/t17-,18+,19+/m0/s1. The van der Waals surface area contributed by atoms with Gasteiger partial charge in [-0.2, -0.15) is 0 Å². The molecule has 27 heavy (non-hydrogen) atoms. The number of unbranched alkanes of at least 4 members (excludes halogenated alkanes) is 1. The molecule has 5 nitrogen and oxygen atoms in total. The summed E-state index contributed by atoms with van der Waals surface area (Å²) >= 11 is 0. The van der Waals surface area contributed by atoms with E-state index in [0.29, 0.717) is 0 Å². The van der Waals surface area contributed by atoms with Crippen molar-refractivity contribution in [3.8, 4) is 0 Å². The number of aliphatic hydroxyl groups excluding tert-OH is 1. The van der Waals surface area contributed by atoms with Gasteiger partial charge in [-0.05, 0) is 39.7 Å². The lowest BCUT2D eigenvalue weighted by Gasteiger charge is -2.38. The van der Waals surface area contributed by atoms with Crippen LogP contribution in [0.15, 0.2) is 24.3 Å². The van der Waals surface area contributed by atoms with Crippen molar-refractivity contribution in [3.05, 3.63) is 35.4 Å². The van der Waals surface area contributed by atoms with Crippen molar-refractivity contribution in [1.29, 1.82) is 0 Å². The third-order valence-electron chi connectivity index (χ3n) is 5.68. The summed E-state index contributed by atoms with van der Waals surface area (Å²) in [5.74, 6) is 0. The minimum Gasteiger partial charge on any atom is -0.388 e. The molecular formula is C22H36O5. The maximum Gasteiger partial charge on any atom is 0.185 e. The zero-order valence-electron chi connectivity index (χ0n) is 17.8. The van der Waals surface area contributed by atoms with E-state index in [9.17, 15) is 5.11 Å². The highest BCUT2D eigenvalue weighted by Crippen LogP contribution is 2.43. The fourth-order valence-corrected chi connectivity index (χ4v) is 3.46. The van der Waals surface area contributed by atoms with Gasteiger partial charge in [0.1, 0.15) is 12.2 Å². The average molecular weight is 381 g/mol. The summed E-state index contributed by atoms with van der Waals surface area (Å²) in [6.45, 7) is 10.1. The molecule has 0 aromatic heterocycles. The van der Waals surface area contributed by atoms with E-state index >= 15 is 0 Å². The molecule has 5 heteroatoms. The van der Waals surface area contributed by atoms with Gasteiger partial charge in [-0.15, -0.1) is 0 Å². The summed E-state index contributed by atoms with van der Waals surface area (Å²) in [5.41, 5.74) is 0.629. The Kier molecular flexibility index (Phi) is 7.45. The molecule has 1 aromatic rings. The van der Waals surface area contributed by atoms with Crippen LogP contribution in [0.5, 0.6) is 0 Å². The second-order valence-corrected chi connectivity index (χ2v) is 8.35. The summed E-state index contributed by atoms with van der Waals surface area (Å²) in [6, 6.07) is 7.81. The van der Waals surface area contributed by atoms with E-state index in [0.717, 1.165) is 30.4 Å². The second-order valence-electron chi connectivity index (χ2n) is 8.35. The minimum absolute atomic E-state index is 0.316. The Labute approximate surface area is 164 Å². The van der Waals surface area contributed by atoms with E-state index in [4.69, 9.17) is 18.9 Å². The van der Waals surface area contributed by atoms with Gasteiger partial charge in [-0.3, -0.25) is 0 Å². The zero-order chi connectivity index (χ0) is 20.2. The van der Waals surface area contributed by atoms with E-state index in [1.54, 1.807) is 14.2 Å². The first-order valence-electron chi connectivity index (χ1n) is 9.86. The molecule has 1 N–H and O–H groups in total. The van der Waals surface area contributed by atoms with Crippen LogP contribution in [0.1, 0.15) is 77.4 Å². The number of rotatable bonds is 9. The molecule has 154 valence electrons. The van der Waals surface area contributed by atoms with Crippen LogP contribution in [-0.4, -0.2) is 42.7 Å². The predicted octanol–water partition coefficient (Wildman–Crippen LogP) is 4.54. The maximum atomic E-state index is 10.7. The van der Waals surface area contributed by atoms with Crippen molar-refractivity contribution in [3.63, 3.8) is 0 Å². The molecule has 1 heterocycles. The molecule has 0 amide bonds. The van der Waals surface area contributed by atoms with Crippen LogP contribution in [-0.2, 0) is 18.9 Å². The smallest absolute Gasteiger partial charge is 0.185 e. The number of hydrogen-bond donors (Lipinski definition) is 1. The highest BCUT2D eigenvalue weighted by molar-refractivity contribution is 5.31. The van der Waals surface area contributed by atoms with Crippen LogP contribution in [0.4, 0.5) is 0 Å². The van der Waals surface area contributed by atoms with Crippen LogP contribution >= 0.6 is 0 Å². The predicted molar refractivity (Wildman–Crippen MR) is 106 cm³/mol. The number of benzene rings is 1. The Morgan fingerprint density at radius 1 is 1.00 bits per heavy atom. The summed E-state index contributed by atoms with van der Waals surface area (Å²) in [4.78, 5) is 0. The second kappa shape index (κ2) is 9.01. The van der Waals surface area contributed by atoms with E-state index in [1.807, 2.05) is 52.0 Å². The summed E-state index contributed by atoms with van der Waals surface area (Å²) in [7, 11) is 3.35. The lowest BCUT2D eigenvalue weighted by atomic mass is 9.87. The largest absolute Gasteiger partial charge is 0.388 e. The minimum atomic E-state index is -0.573. The lowest BCUT2D eigenvalue weighted by molar-refractivity contribution is -0.132. The molecule has 1 fully saturated rings. The van der Waals surface area contributed by atoms with Crippen molar-refractivity contribution in [2.75, 3.05) is 14.2 Å². The Hall–Kier alpha value is -0.980. The molecule has 3 atom stereocenters. The van der Waals surface area contributed by atoms with E-state index < -0.39 is 23.6 Å². The third kappa shape index (κ3) is 4.90. The molecule has 0 radical (unpaired) electrons. The Balaban J connectivity index is 2.35. The van der Waals surface area contributed by atoms with E-state index in [2.05, 4.69) is 6.92 Å². The van der Waals surface area contributed by atoms with Gasteiger partial charge in [0.25, 0.3) is 0 Å². The number of methoxy groups -OCH3 is 2. The molecule has 1 aromatic carbocycles. The van der Waals surface area contributed by atoms with Crippen molar-refractivity contribution in [1.82, 2.24) is 0 Å². The topological polar surface area (TPSA) is 57.2 Å². The SMILES string of the molecule is CCCC[C@H](O)c1ccccc1C1O[C@@H](C(C)(C)OC)[C@H](C(C)(C)OC)O1. The molecule has 0 saturated carbocycles.